The van der Waals surface area contributed by atoms with Crippen molar-refractivity contribution < 1.29 is 0 Å². The maximum Gasteiger partial charge on any atom is 0.0453 e. The third-order valence-corrected chi connectivity index (χ3v) is 4.27. The molecule has 21 heavy (non-hydrogen) atoms. The van der Waals surface area contributed by atoms with Gasteiger partial charge in [-0.25, -0.2) is 0 Å². The van der Waals surface area contributed by atoms with E-state index in [1.165, 1.54) is 16.7 Å². The summed E-state index contributed by atoms with van der Waals surface area (Å²) in [5.74, 6) is 0. The van der Waals surface area contributed by atoms with Crippen molar-refractivity contribution in [1.29, 1.82) is 0 Å². The molecule has 0 radical (unpaired) electrons. The predicted octanol–water partition coefficient (Wildman–Crippen LogP) is 4.25. The molecule has 2 aromatic carbocycles. The second-order valence-electron chi connectivity index (χ2n) is 5.41. The summed E-state index contributed by atoms with van der Waals surface area (Å²) in [6.07, 6.45) is 0. The molecule has 2 rings (SSSR count). The first-order valence-corrected chi connectivity index (χ1v) is 7.67. The molecule has 0 aromatic heterocycles. The van der Waals surface area contributed by atoms with E-state index in [0.717, 1.165) is 18.1 Å². The fourth-order valence-corrected chi connectivity index (χ4v) is 2.83. The zero-order valence-corrected chi connectivity index (χ0v) is 13.7. The third kappa shape index (κ3) is 4.07. The third-order valence-electron chi connectivity index (χ3n) is 3.92. The summed E-state index contributed by atoms with van der Waals surface area (Å²) in [6, 6.07) is 16.9. The van der Waals surface area contributed by atoms with Gasteiger partial charge < -0.3 is 5.32 Å². The Morgan fingerprint density at radius 3 is 2.33 bits per heavy atom. The van der Waals surface area contributed by atoms with Crippen LogP contribution in [0.3, 0.4) is 0 Å². The van der Waals surface area contributed by atoms with E-state index in [-0.39, 0.29) is 6.04 Å². The van der Waals surface area contributed by atoms with Crippen LogP contribution < -0.4 is 5.32 Å². The average Bonchev–Trinajstić information content (AvgIpc) is 2.49. The smallest absolute Gasteiger partial charge is 0.0453 e. The van der Waals surface area contributed by atoms with Crippen LogP contribution in [0, 0.1) is 0 Å². The van der Waals surface area contributed by atoms with E-state index in [9.17, 15) is 0 Å². The zero-order valence-electron chi connectivity index (χ0n) is 12.9. The van der Waals surface area contributed by atoms with Crippen molar-refractivity contribution in [2.24, 2.45) is 0 Å². The molecule has 1 unspecified atom stereocenters. The second-order valence-corrected chi connectivity index (χ2v) is 5.82. The summed E-state index contributed by atoms with van der Waals surface area (Å²) in [5.41, 5.74) is 3.87. The van der Waals surface area contributed by atoms with Crippen LogP contribution in [0.15, 0.2) is 48.5 Å². The summed E-state index contributed by atoms with van der Waals surface area (Å²) in [4.78, 5) is 2.33. The Morgan fingerprint density at radius 1 is 1.05 bits per heavy atom. The van der Waals surface area contributed by atoms with Gasteiger partial charge in [0.05, 0.1) is 0 Å². The molecule has 0 fully saturated rings. The van der Waals surface area contributed by atoms with Crippen LogP contribution in [0.5, 0.6) is 0 Å². The van der Waals surface area contributed by atoms with Crippen LogP contribution >= 0.6 is 11.6 Å². The predicted molar refractivity (Wildman–Crippen MR) is 90.5 cm³/mol. The normalized spacial score (nSPS) is 12.6. The van der Waals surface area contributed by atoms with Gasteiger partial charge in [-0.1, -0.05) is 54.1 Å². The summed E-state index contributed by atoms with van der Waals surface area (Å²) >= 11 is 6.31. The van der Waals surface area contributed by atoms with Crippen molar-refractivity contribution in [3.8, 4) is 0 Å². The van der Waals surface area contributed by atoms with Gasteiger partial charge in [0.25, 0.3) is 0 Å². The molecule has 112 valence electrons. The van der Waals surface area contributed by atoms with E-state index in [4.69, 9.17) is 11.6 Å². The minimum Gasteiger partial charge on any atom is -0.316 e. The molecule has 0 aliphatic heterocycles. The minimum absolute atomic E-state index is 0.279. The maximum absolute atomic E-state index is 6.31. The lowest BCUT2D eigenvalue weighted by atomic mass is 10.0. The van der Waals surface area contributed by atoms with Gasteiger partial charge in [-0.05, 0) is 43.8 Å². The first kappa shape index (κ1) is 16.0. The average molecular weight is 303 g/mol. The lowest BCUT2D eigenvalue weighted by Gasteiger charge is -2.26. The molecular formula is C18H23ClN2. The van der Waals surface area contributed by atoms with Gasteiger partial charge in [0.1, 0.15) is 0 Å². The van der Waals surface area contributed by atoms with Crippen LogP contribution in [-0.2, 0) is 13.1 Å². The summed E-state index contributed by atoms with van der Waals surface area (Å²) in [5, 5.41) is 4.06. The van der Waals surface area contributed by atoms with Crippen LogP contribution in [-0.4, -0.2) is 19.0 Å². The first-order chi connectivity index (χ1) is 10.1. The number of nitrogens with zero attached hydrogens (tertiary/aromatic N) is 1. The van der Waals surface area contributed by atoms with Gasteiger partial charge in [0.15, 0.2) is 0 Å². The molecule has 0 saturated carbocycles. The Morgan fingerprint density at radius 2 is 1.67 bits per heavy atom. The van der Waals surface area contributed by atoms with E-state index in [0.29, 0.717) is 0 Å². The van der Waals surface area contributed by atoms with Crippen LogP contribution in [0.4, 0.5) is 0 Å². The molecule has 0 amide bonds. The van der Waals surface area contributed by atoms with Crippen LogP contribution in [0.1, 0.15) is 29.7 Å². The molecule has 0 spiro atoms. The molecule has 0 aliphatic rings. The second kappa shape index (κ2) is 7.60. The van der Waals surface area contributed by atoms with Gasteiger partial charge in [-0.3, -0.25) is 4.90 Å². The Balaban J connectivity index is 2.14. The highest BCUT2D eigenvalue weighted by Gasteiger charge is 2.15. The summed E-state index contributed by atoms with van der Waals surface area (Å²) in [7, 11) is 4.12. The molecule has 2 nitrogen and oxygen atoms in total. The van der Waals surface area contributed by atoms with Crippen molar-refractivity contribution >= 4 is 11.6 Å². The quantitative estimate of drug-likeness (QED) is 0.858. The number of rotatable bonds is 6. The standard InChI is InChI=1S/C18H23ClN2/c1-14(17-10-6-7-11-18(17)19)21(3)13-16-9-5-4-8-15(16)12-20-2/h4-11,14,20H,12-13H2,1-3H3. The van der Waals surface area contributed by atoms with Crippen LogP contribution in [0.25, 0.3) is 0 Å². The van der Waals surface area contributed by atoms with Crippen molar-refractivity contribution in [2.45, 2.75) is 26.1 Å². The van der Waals surface area contributed by atoms with E-state index in [1.807, 2.05) is 25.2 Å². The molecule has 0 bridgehead atoms. The monoisotopic (exact) mass is 302 g/mol. The molecule has 3 heteroatoms. The number of hydrogen-bond donors (Lipinski definition) is 1. The molecule has 1 atom stereocenters. The van der Waals surface area contributed by atoms with Gasteiger partial charge >= 0.3 is 0 Å². The molecular weight excluding hydrogens is 280 g/mol. The number of nitrogens with one attached hydrogen (secondary N) is 1. The Kier molecular flexibility index (Phi) is 5.80. The molecule has 0 aliphatic carbocycles. The molecule has 2 aromatic rings. The highest BCUT2D eigenvalue weighted by molar-refractivity contribution is 6.31. The van der Waals surface area contributed by atoms with Gasteiger partial charge in [0, 0.05) is 24.2 Å². The molecule has 0 saturated heterocycles. The zero-order chi connectivity index (χ0) is 15.2. The highest BCUT2D eigenvalue weighted by atomic mass is 35.5. The maximum atomic E-state index is 6.31. The molecule has 0 heterocycles. The van der Waals surface area contributed by atoms with Crippen molar-refractivity contribution in [2.75, 3.05) is 14.1 Å². The van der Waals surface area contributed by atoms with Crippen LogP contribution in [0.2, 0.25) is 5.02 Å². The van der Waals surface area contributed by atoms with E-state index in [2.05, 4.69) is 54.5 Å². The van der Waals surface area contributed by atoms with Gasteiger partial charge in [-0.15, -0.1) is 0 Å². The number of benzene rings is 2. The van der Waals surface area contributed by atoms with Crippen molar-refractivity contribution in [1.82, 2.24) is 10.2 Å². The van der Waals surface area contributed by atoms with E-state index < -0.39 is 0 Å². The van der Waals surface area contributed by atoms with E-state index in [1.54, 1.807) is 0 Å². The lowest BCUT2D eigenvalue weighted by Crippen LogP contribution is -2.23. The topological polar surface area (TPSA) is 15.3 Å². The highest BCUT2D eigenvalue weighted by Crippen LogP contribution is 2.27. The Labute approximate surface area is 132 Å². The SMILES string of the molecule is CNCc1ccccc1CN(C)C(C)c1ccccc1Cl. The van der Waals surface area contributed by atoms with Gasteiger partial charge in [0.2, 0.25) is 0 Å². The van der Waals surface area contributed by atoms with Crippen molar-refractivity contribution in [3.63, 3.8) is 0 Å². The first-order valence-electron chi connectivity index (χ1n) is 7.29. The number of halogens is 1. The van der Waals surface area contributed by atoms with Crippen molar-refractivity contribution in [3.05, 3.63) is 70.2 Å². The largest absolute Gasteiger partial charge is 0.316 e. The minimum atomic E-state index is 0.279. The Bertz CT molecular complexity index is 583. The van der Waals surface area contributed by atoms with Gasteiger partial charge in [-0.2, -0.15) is 0 Å². The fourth-order valence-electron chi connectivity index (χ4n) is 2.53. The Hall–Kier alpha value is -1.35. The number of hydrogen-bond acceptors (Lipinski definition) is 2. The molecule has 1 N–H and O–H groups in total. The lowest BCUT2D eigenvalue weighted by molar-refractivity contribution is 0.252. The summed E-state index contributed by atoms with van der Waals surface area (Å²) < 4.78 is 0. The van der Waals surface area contributed by atoms with E-state index >= 15 is 0 Å². The summed E-state index contributed by atoms with van der Waals surface area (Å²) in [6.45, 7) is 4.00. The fraction of sp³-hybridized carbons (Fsp3) is 0.333.